The number of carbonyl (C=O) groups is 2. The van der Waals surface area contributed by atoms with Gasteiger partial charge in [-0.25, -0.2) is 4.79 Å². The van der Waals surface area contributed by atoms with Crippen LogP contribution in [0.15, 0.2) is 22.6 Å². The van der Waals surface area contributed by atoms with E-state index in [2.05, 4.69) is 10.6 Å². The van der Waals surface area contributed by atoms with E-state index in [1.54, 1.807) is 32.9 Å². The first-order chi connectivity index (χ1) is 11.4. The molecule has 2 amide bonds. The maximum atomic E-state index is 12.2. The second-order valence-corrected chi connectivity index (χ2v) is 7.70. The second-order valence-electron chi connectivity index (χ2n) is 7.70. The molecule has 2 N–H and O–H groups in total. The van der Waals surface area contributed by atoms with Gasteiger partial charge in [0.25, 0.3) is 0 Å². The quantitative estimate of drug-likeness (QED) is 0.767. The van der Waals surface area contributed by atoms with Gasteiger partial charge < -0.3 is 19.8 Å². The molecule has 1 aromatic rings. The van der Waals surface area contributed by atoms with E-state index in [9.17, 15) is 9.59 Å². The average molecular weight is 350 g/mol. The van der Waals surface area contributed by atoms with Gasteiger partial charge in [0, 0.05) is 12.6 Å². The number of hydrogen-bond donors (Lipinski definition) is 2. The van der Waals surface area contributed by atoms with Crippen molar-refractivity contribution in [2.75, 3.05) is 6.54 Å². The maximum absolute atomic E-state index is 12.2. The molecule has 1 aromatic heterocycles. The van der Waals surface area contributed by atoms with Gasteiger partial charge in [-0.2, -0.15) is 0 Å². The van der Waals surface area contributed by atoms with Gasteiger partial charge in [-0.05, 0) is 58.7 Å². The molecule has 0 aliphatic heterocycles. The number of carbonyl (C=O) groups excluding carboxylic acids is 2. The normalized spacial score (nSPS) is 14.4. The lowest BCUT2D eigenvalue weighted by molar-refractivity contribution is -0.118. The van der Waals surface area contributed by atoms with E-state index < -0.39 is 17.2 Å². The van der Waals surface area contributed by atoms with Gasteiger partial charge in [-0.3, -0.25) is 4.79 Å². The molecule has 0 aliphatic carbocycles. The number of alkyl carbamates (subject to hydrolysis) is 1. The lowest BCUT2D eigenvalue weighted by atomic mass is 9.88. The summed E-state index contributed by atoms with van der Waals surface area (Å²) in [6, 6.07) is 3.63. The minimum Gasteiger partial charge on any atom is -0.462 e. The molecule has 0 bridgehead atoms. The van der Waals surface area contributed by atoms with Crippen LogP contribution in [0.1, 0.15) is 53.1 Å². The third-order valence-corrected chi connectivity index (χ3v) is 3.84. The van der Waals surface area contributed by atoms with E-state index in [1.807, 2.05) is 33.8 Å². The molecular formula is C19H30N2O4. The first-order valence-electron chi connectivity index (χ1n) is 8.45. The van der Waals surface area contributed by atoms with E-state index in [0.29, 0.717) is 5.76 Å². The van der Waals surface area contributed by atoms with Gasteiger partial charge in [-0.1, -0.05) is 13.8 Å². The fourth-order valence-corrected chi connectivity index (χ4v) is 1.99. The molecule has 25 heavy (non-hydrogen) atoms. The van der Waals surface area contributed by atoms with Crippen LogP contribution in [0.25, 0.3) is 6.08 Å². The number of amides is 2. The topological polar surface area (TPSA) is 80.6 Å². The summed E-state index contributed by atoms with van der Waals surface area (Å²) in [6.07, 6.45) is 2.53. The molecule has 6 heteroatoms. The zero-order valence-electron chi connectivity index (χ0n) is 16.2. The highest BCUT2D eigenvalue weighted by Gasteiger charge is 2.31. The van der Waals surface area contributed by atoms with Crippen molar-refractivity contribution < 1.29 is 18.7 Å². The molecule has 1 unspecified atom stereocenters. The summed E-state index contributed by atoms with van der Waals surface area (Å²) in [7, 11) is 0. The smallest absolute Gasteiger partial charge is 0.407 e. The average Bonchev–Trinajstić information content (AvgIpc) is 2.87. The second kappa shape index (κ2) is 8.23. The summed E-state index contributed by atoms with van der Waals surface area (Å²) in [5.74, 6) is 1.25. The summed E-state index contributed by atoms with van der Waals surface area (Å²) in [4.78, 5) is 24.1. The van der Waals surface area contributed by atoms with Crippen molar-refractivity contribution >= 4 is 18.1 Å². The summed E-state index contributed by atoms with van der Waals surface area (Å²) < 4.78 is 10.6. The Morgan fingerprint density at radius 2 is 1.88 bits per heavy atom. The van der Waals surface area contributed by atoms with Crippen molar-refractivity contribution in [3.63, 3.8) is 0 Å². The van der Waals surface area contributed by atoms with Crippen molar-refractivity contribution in [3.8, 4) is 0 Å². The Balaban J connectivity index is 2.66. The lowest BCUT2D eigenvalue weighted by Crippen LogP contribution is -2.56. The van der Waals surface area contributed by atoms with Crippen LogP contribution >= 0.6 is 0 Å². The van der Waals surface area contributed by atoms with Gasteiger partial charge in [0.2, 0.25) is 5.91 Å². The van der Waals surface area contributed by atoms with E-state index >= 15 is 0 Å². The Kier molecular flexibility index (Phi) is 6.85. The van der Waals surface area contributed by atoms with E-state index in [0.717, 1.165) is 5.76 Å². The predicted molar refractivity (Wildman–Crippen MR) is 98.1 cm³/mol. The van der Waals surface area contributed by atoms with Crippen LogP contribution in [0, 0.1) is 12.8 Å². The van der Waals surface area contributed by atoms with Crippen LogP contribution in [0.3, 0.4) is 0 Å². The van der Waals surface area contributed by atoms with Gasteiger partial charge in [0.05, 0.1) is 5.54 Å². The molecule has 0 radical (unpaired) electrons. The maximum Gasteiger partial charge on any atom is 0.407 e. The number of rotatable bonds is 6. The van der Waals surface area contributed by atoms with Crippen LogP contribution in [0.5, 0.6) is 0 Å². The molecule has 0 aromatic carbocycles. The van der Waals surface area contributed by atoms with Gasteiger partial charge >= 0.3 is 6.09 Å². The Labute approximate surface area is 150 Å². The van der Waals surface area contributed by atoms with Gasteiger partial charge in [-0.15, -0.1) is 0 Å². The summed E-state index contributed by atoms with van der Waals surface area (Å²) in [5, 5.41) is 5.68. The van der Waals surface area contributed by atoms with Crippen molar-refractivity contribution in [2.24, 2.45) is 5.92 Å². The van der Waals surface area contributed by atoms with Crippen LogP contribution in [-0.2, 0) is 9.53 Å². The molecule has 1 rings (SSSR count). The third kappa shape index (κ3) is 7.45. The molecule has 140 valence electrons. The van der Waals surface area contributed by atoms with Crippen molar-refractivity contribution in [2.45, 2.75) is 59.6 Å². The Morgan fingerprint density at radius 1 is 1.24 bits per heavy atom. The van der Waals surface area contributed by atoms with Crippen molar-refractivity contribution in [1.29, 1.82) is 0 Å². The Hall–Kier alpha value is -2.24. The number of aryl methyl sites for hydroxylation is 1. The molecule has 0 saturated heterocycles. The molecule has 0 spiro atoms. The highest BCUT2D eigenvalue weighted by molar-refractivity contribution is 5.92. The summed E-state index contributed by atoms with van der Waals surface area (Å²) in [6.45, 7) is 13.4. The number of hydrogen-bond acceptors (Lipinski definition) is 4. The molecule has 0 fully saturated rings. The SMILES string of the molecule is Cc1ccc(/C=C/C(=O)NC(C)(CNC(=O)OC(C)(C)C)C(C)C)o1. The number of nitrogens with one attached hydrogen (secondary N) is 2. The zero-order valence-corrected chi connectivity index (χ0v) is 16.2. The van der Waals surface area contributed by atoms with E-state index in [-0.39, 0.29) is 18.4 Å². The predicted octanol–water partition coefficient (Wildman–Crippen LogP) is 3.66. The summed E-state index contributed by atoms with van der Waals surface area (Å²) in [5.41, 5.74) is -1.18. The molecule has 1 heterocycles. The van der Waals surface area contributed by atoms with Crippen LogP contribution in [0.4, 0.5) is 4.79 Å². The van der Waals surface area contributed by atoms with E-state index in [4.69, 9.17) is 9.15 Å². The van der Waals surface area contributed by atoms with Crippen LogP contribution in [0.2, 0.25) is 0 Å². The highest BCUT2D eigenvalue weighted by atomic mass is 16.6. The largest absolute Gasteiger partial charge is 0.462 e. The zero-order chi connectivity index (χ0) is 19.3. The Morgan fingerprint density at radius 3 is 2.36 bits per heavy atom. The Bertz CT molecular complexity index is 626. The molecule has 1 atom stereocenters. The monoisotopic (exact) mass is 350 g/mol. The van der Waals surface area contributed by atoms with E-state index in [1.165, 1.54) is 6.08 Å². The summed E-state index contributed by atoms with van der Waals surface area (Å²) >= 11 is 0. The lowest BCUT2D eigenvalue weighted by Gasteiger charge is -2.35. The fourth-order valence-electron chi connectivity index (χ4n) is 1.99. The number of ether oxygens (including phenoxy) is 1. The fraction of sp³-hybridized carbons (Fsp3) is 0.579. The first-order valence-corrected chi connectivity index (χ1v) is 8.45. The molecule has 6 nitrogen and oxygen atoms in total. The van der Waals surface area contributed by atoms with Crippen molar-refractivity contribution in [1.82, 2.24) is 10.6 Å². The molecular weight excluding hydrogens is 320 g/mol. The van der Waals surface area contributed by atoms with Crippen LogP contribution < -0.4 is 10.6 Å². The van der Waals surface area contributed by atoms with Crippen LogP contribution in [-0.4, -0.2) is 29.7 Å². The van der Waals surface area contributed by atoms with Gasteiger partial charge in [0.15, 0.2) is 0 Å². The number of furan rings is 1. The third-order valence-electron chi connectivity index (χ3n) is 3.84. The minimum atomic E-state index is -0.614. The van der Waals surface area contributed by atoms with Crippen molar-refractivity contribution in [3.05, 3.63) is 29.7 Å². The molecule has 0 aliphatic rings. The van der Waals surface area contributed by atoms with Gasteiger partial charge in [0.1, 0.15) is 17.1 Å². The molecule has 0 saturated carbocycles. The highest BCUT2D eigenvalue weighted by Crippen LogP contribution is 2.16. The minimum absolute atomic E-state index is 0.102. The first kappa shape index (κ1) is 20.8. The standard InChI is InChI=1S/C19H30N2O4/c1-13(2)19(7,12-20-17(23)25-18(4,5)6)21-16(22)11-10-15-9-8-14(3)24-15/h8-11,13H,12H2,1-7H3,(H,20,23)(H,21,22)/b11-10+.